The Labute approximate surface area is 184 Å². The van der Waals surface area contributed by atoms with E-state index >= 15 is 0 Å². The molecule has 0 aliphatic heterocycles. The second kappa shape index (κ2) is 10.3. The number of nitrogens with one attached hydrogen (secondary N) is 2. The molecule has 2 atom stereocenters. The van der Waals surface area contributed by atoms with Crippen molar-refractivity contribution in [3.05, 3.63) is 65.2 Å². The molecule has 0 radical (unpaired) electrons. The molecule has 0 aliphatic rings. The summed E-state index contributed by atoms with van der Waals surface area (Å²) < 4.78 is 0. The molecule has 0 fully saturated rings. The summed E-state index contributed by atoms with van der Waals surface area (Å²) in [5, 5.41) is 15.6. The summed E-state index contributed by atoms with van der Waals surface area (Å²) in [5.74, 6) is -0.529. The number of nitrogens with zero attached hydrogens (tertiary/aromatic N) is 2. The van der Waals surface area contributed by atoms with Crippen molar-refractivity contribution in [3.8, 4) is 10.6 Å². The van der Waals surface area contributed by atoms with E-state index in [1.54, 1.807) is 12.1 Å². The molecule has 0 saturated heterocycles. The van der Waals surface area contributed by atoms with Gasteiger partial charge in [0.2, 0.25) is 16.9 Å². The van der Waals surface area contributed by atoms with Gasteiger partial charge < -0.3 is 5.32 Å². The molecular weight excluding hydrogens is 420 g/mol. The first-order valence-electron chi connectivity index (χ1n) is 9.70. The van der Waals surface area contributed by atoms with Crippen LogP contribution in [0.15, 0.2) is 54.6 Å². The highest BCUT2D eigenvalue weighted by atomic mass is 35.5. The lowest BCUT2D eigenvalue weighted by Gasteiger charge is -2.23. The SMILES string of the molecule is CC[C@H](C)[C@@H](NC(=O)Cc1ccccc1)C(=O)Nc1nnc(-c2ccc(Cl)cc2)s1. The van der Waals surface area contributed by atoms with E-state index < -0.39 is 6.04 Å². The van der Waals surface area contributed by atoms with E-state index in [-0.39, 0.29) is 24.2 Å². The summed E-state index contributed by atoms with van der Waals surface area (Å²) in [7, 11) is 0. The predicted molar refractivity (Wildman–Crippen MR) is 121 cm³/mol. The number of anilines is 1. The molecule has 2 amide bonds. The van der Waals surface area contributed by atoms with Gasteiger partial charge in [0.25, 0.3) is 0 Å². The van der Waals surface area contributed by atoms with Crippen molar-refractivity contribution in [1.29, 1.82) is 0 Å². The van der Waals surface area contributed by atoms with Gasteiger partial charge in [0.05, 0.1) is 6.42 Å². The van der Waals surface area contributed by atoms with Crippen LogP contribution in [0.5, 0.6) is 0 Å². The third kappa shape index (κ3) is 5.87. The molecule has 0 unspecified atom stereocenters. The number of carbonyl (C=O) groups excluding carboxylic acids is 2. The number of hydrogen-bond acceptors (Lipinski definition) is 5. The van der Waals surface area contributed by atoms with Crippen molar-refractivity contribution >= 4 is 39.9 Å². The average molecular weight is 443 g/mol. The van der Waals surface area contributed by atoms with Gasteiger partial charge >= 0.3 is 0 Å². The first kappa shape index (κ1) is 21.9. The lowest BCUT2D eigenvalue weighted by atomic mass is 9.98. The van der Waals surface area contributed by atoms with Gasteiger partial charge in [0.1, 0.15) is 11.0 Å². The third-order valence-corrected chi connectivity index (χ3v) is 5.91. The number of benzene rings is 2. The molecule has 0 aliphatic carbocycles. The highest BCUT2D eigenvalue weighted by Gasteiger charge is 2.27. The van der Waals surface area contributed by atoms with E-state index in [2.05, 4.69) is 20.8 Å². The predicted octanol–water partition coefficient (Wildman–Crippen LogP) is 4.57. The Hall–Kier alpha value is -2.77. The van der Waals surface area contributed by atoms with Crippen LogP contribution in [0.1, 0.15) is 25.8 Å². The Morgan fingerprint density at radius 2 is 1.77 bits per heavy atom. The molecule has 30 heavy (non-hydrogen) atoms. The second-order valence-corrected chi connectivity index (χ2v) is 8.42. The molecule has 8 heteroatoms. The Balaban J connectivity index is 1.66. The van der Waals surface area contributed by atoms with E-state index in [9.17, 15) is 9.59 Å². The van der Waals surface area contributed by atoms with Crippen LogP contribution in [0, 0.1) is 5.92 Å². The summed E-state index contributed by atoms with van der Waals surface area (Å²) in [5.41, 5.74) is 1.77. The van der Waals surface area contributed by atoms with Crippen molar-refractivity contribution in [2.24, 2.45) is 5.92 Å². The number of aromatic nitrogens is 2. The van der Waals surface area contributed by atoms with Crippen molar-refractivity contribution in [1.82, 2.24) is 15.5 Å². The molecule has 2 aromatic carbocycles. The van der Waals surface area contributed by atoms with Gasteiger partial charge in [-0.2, -0.15) is 0 Å². The Morgan fingerprint density at radius 3 is 2.43 bits per heavy atom. The second-order valence-electron chi connectivity index (χ2n) is 7.00. The quantitative estimate of drug-likeness (QED) is 0.535. The van der Waals surface area contributed by atoms with Crippen molar-refractivity contribution in [2.45, 2.75) is 32.7 Å². The van der Waals surface area contributed by atoms with Crippen LogP contribution in [0.4, 0.5) is 5.13 Å². The molecule has 0 spiro atoms. The van der Waals surface area contributed by atoms with Crippen molar-refractivity contribution < 1.29 is 9.59 Å². The van der Waals surface area contributed by atoms with Crippen LogP contribution < -0.4 is 10.6 Å². The number of hydrogen-bond donors (Lipinski definition) is 2. The molecule has 3 rings (SSSR count). The molecule has 1 aromatic heterocycles. The molecular formula is C22H23ClN4O2S. The van der Waals surface area contributed by atoms with E-state index in [1.165, 1.54) is 11.3 Å². The van der Waals surface area contributed by atoms with Gasteiger partial charge in [0.15, 0.2) is 0 Å². The van der Waals surface area contributed by atoms with Gasteiger partial charge in [0, 0.05) is 10.6 Å². The number of rotatable bonds is 8. The Morgan fingerprint density at radius 1 is 1.07 bits per heavy atom. The van der Waals surface area contributed by atoms with Gasteiger partial charge in [-0.3, -0.25) is 14.9 Å². The average Bonchev–Trinajstić information content (AvgIpc) is 3.21. The molecule has 1 heterocycles. The van der Waals surface area contributed by atoms with Gasteiger partial charge in [-0.05, 0) is 23.6 Å². The molecule has 3 aromatic rings. The number of halogens is 1. The minimum absolute atomic E-state index is 0.0339. The van der Waals surface area contributed by atoms with Gasteiger partial charge in [-0.25, -0.2) is 0 Å². The minimum atomic E-state index is -0.658. The first-order valence-corrected chi connectivity index (χ1v) is 10.9. The summed E-state index contributed by atoms with van der Waals surface area (Å²) in [6.45, 7) is 3.92. The fraction of sp³-hybridized carbons (Fsp3) is 0.273. The largest absolute Gasteiger partial charge is 0.344 e. The zero-order valence-corrected chi connectivity index (χ0v) is 18.3. The standard InChI is InChI=1S/C22H23ClN4O2S/c1-3-14(2)19(24-18(28)13-15-7-5-4-6-8-15)20(29)25-22-27-26-21(30-22)16-9-11-17(23)12-10-16/h4-12,14,19H,3,13H2,1-2H3,(H,24,28)(H,25,27,29)/t14-,19+/m0/s1. The lowest BCUT2D eigenvalue weighted by Crippen LogP contribution is -2.48. The summed E-state index contributed by atoms with van der Waals surface area (Å²) in [6.07, 6.45) is 0.969. The monoisotopic (exact) mass is 442 g/mol. The van der Waals surface area contributed by atoms with Crippen LogP contribution in [-0.4, -0.2) is 28.1 Å². The van der Waals surface area contributed by atoms with Crippen molar-refractivity contribution in [2.75, 3.05) is 5.32 Å². The fourth-order valence-electron chi connectivity index (χ4n) is 2.87. The maximum Gasteiger partial charge on any atom is 0.249 e. The van der Waals surface area contributed by atoms with Crippen LogP contribution in [-0.2, 0) is 16.0 Å². The molecule has 2 N–H and O–H groups in total. The summed E-state index contributed by atoms with van der Waals surface area (Å²) in [4.78, 5) is 25.4. The minimum Gasteiger partial charge on any atom is -0.344 e. The summed E-state index contributed by atoms with van der Waals surface area (Å²) in [6, 6.07) is 16.0. The maximum absolute atomic E-state index is 12.9. The highest BCUT2D eigenvalue weighted by molar-refractivity contribution is 7.18. The van der Waals surface area contributed by atoms with E-state index in [4.69, 9.17) is 11.6 Å². The lowest BCUT2D eigenvalue weighted by molar-refractivity contribution is -0.127. The normalized spacial score (nSPS) is 12.8. The molecule has 0 saturated carbocycles. The highest BCUT2D eigenvalue weighted by Crippen LogP contribution is 2.27. The van der Waals surface area contributed by atoms with E-state index in [0.29, 0.717) is 15.2 Å². The summed E-state index contributed by atoms with van der Waals surface area (Å²) >= 11 is 7.19. The number of carbonyl (C=O) groups is 2. The zero-order chi connectivity index (χ0) is 21.5. The molecule has 156 valence electrons. The topological polar surface area (TPSA) is 84.0 Å². The van der Waals surface area contributed by atoms with E-state index in [1.807, 2.05) is 56.3 Å². The fourth-order valence-corrected chi connectivity index (χ4v) is 3.75. The number of amides is 2. The third-order valence-electron chi connectivity index (χ3n) is 4.77. The van der Waals surface area contributed by atoms with Crippen LogP contribution in [0.3, 0.4) is 0 Å². The van der Waals surface area contributed by atoms with Gasteiger partial charge in [-0.1, -0.05) is 85.7 Å². The van der Waals surface area contributed by atoms with Crippen LogP contribution >= 0.6 is 22.9 Å². The zero-order valence-electron chi connectivity index (χ0n) is 16.8. The maximum atomic E-state index is 12.9. The Kier molecular flexibility index (Phi) is 7.54. The smallest absolute Gasteiger partial charge is 0.249 e. The van der Waals surface area contributed by atoms with Crippen LogP contribution in [0.2, 0.25) is 5.02 Å². The Bertz CT molecular complexity index is 992. The van der Waals surface area contributed by atoms with E-state index in [0.717, 1.165) is 17.5 Å². The van der Waals surface area contributed by atoms with Crippen LogP contribution in [0.25, 0.3) is 10.6 Å². The first-order chi connectivity index (χ1) is 14.5. The van der Waals surface area contributed by atoms with Crippen molar-refractivity contribution in [3.63, 3.8) is 0 Å². The van der Waals surface area contributed by atoms with Gasteiger partial charge in [-0.15, -0.1) is 10.2 Å². The molecule has 6 nitrogen and oxygen atoms in total. The molecule has 0 bridgehead atoms.